The second-order valence-electron chi connectivity index (χ2n) is 7.69. The zero-order chi connectivity index (χ0) is 18.1. The molecule has 1 aliphatic carbocycles. The molecule has 2 unspecified atom stereocenters. The fourth-order valence-electron chi connectivity index (χ4n) is 5.03. The molecule has 1 aromatic heterocycles. The first-order valence-corrected chi connectivity index (χ1v) is 10.8. The van der Waals surface area contributed by atoms with Crippen molar-refractivity contribution in [3.8, 4) is 0 Å². The number of benzene rings is 3. The Morgan fingerprint density at radius 1 is 0.741 bits per heavy atom. The molecule has 1 saturated carbocycles. The van der Waals surface area contributed by atoms with Crippen molar-refractivity contribution in [1.29, 1.82) is 0 Å². The fourth-order valence-corrected chi connectivity index (χ4v) is 6.39. The maximum atomic E-state index is 2.47. The third kappa shape index (κ3) is 2.82. The summed E-state index contributed by atoms with van der Waals surface area (Å²) in [5.74, 6) is 0.530. The monoisotopic (exact) mass is 368 g/mol. The van der Waals surface area contributed by atoms with E-state index in [1.54, 1.807) is 0 Å². The Morgan fingerprint density at radius 3 is 2.22 bits per heavy atom. The minimum atomic E-state index is 0.0740. The van der Waals surface area contributed by atoms with Gasteiger partial charge >= 0.3 is 0 Å². The van der Waals surface area contributed by atoms with Gasteiger partial charge in [0.25, 0.3) is 0 Å². The highest BCUT2D eigenvalue weighted by Gasteiger charge is 2.45. The maximum absolute atomic E-state index is 2.47. The van der Waals surface area contributed by atoms with Crippen molar-refractivity contribution in [3.05, 3.63) is 107 Å². The third-order valence-corrected chi connectivity index (χ3v) is 7.56. The lowest BCUT2D eigenvalue weighted by molar-refractivity contribution is 0.299. The predicted molar refractivity (Wildman–Crippen MR) is 117 cm³/mol. The summed E-state index contributed by atoms with van der Waals surface area (Å²) in [6.45, 7) is 0. The van der Waals surface area contributed by atoms with Crippen molar-refractivity contribution in [2.45, 2.75) is 37.0 Å². The first kappa shape index (κ1) is 16.8. The summed E-state index contributed by atoms with van der Waals surface area (Å²) in [5.41, 5.74) is 3.04. The molecule has 4 aromatic rings. The van der Waals surface area contributed by atoms with Crippen LogP contribution < -0.4 is 0 Å². The largest absolute Gasteiger partial charge is 0.139 e. The van der Waals surface area contributed by atoms with Gasteiger partial charge in [0.05, 0.1) is 0 Å². The van der Waals surface area contributed by atoms with Gasteiger partial charge < -0.3 is 0 Å². The number of rotatable bonds is 3. The van der Waals surface area contributed by atoms with Gasteiger partial charge in [0.1, 0.15) is 0 Å². The van der Waals surface area contributed by atoms with Crippen molar-refractivity contribution < 1.29 is 0 Å². The lowest BCUT2D eigenvalue weighted by Gasteiger charge is -2.45. The SMILES string of the molecule is c1ccc(C2CCCCC2(c2ccccc2)c2cc3ccccc3s2)cc1. The van der Waals surface area contributed by atoms with Gasteiger partial charge in [0.15, 0.2) is 0 Å². The highest BCUT2D eigenvalue weighted by Crippen LogP contribution is 2.55. The first-order chi connectivity index (χ1) is 13.4. The summed E-state index contributed by atoms with van der Waals surface area (Å²) in [4.78, 5) is 1.53. The predicted octanol–water partition coefficient (Wildman–Crippen LogP) is 7.55. The molecule has 0 spiro atoms. The van der Waals surface area contributed by atoms with Crippen LogP contribution in [0.25, 0.3) is 10.1 Å². The van der Waals surface area contributed by atoms with Gasteiger partial charge in [-0.3, -0.25) is 0 Å². The Balaban J connectivity index is 1.77. The number of hydrogen-bond acceptors (Lipinski definition) is 1. The number of hydrogen-bond donors (Lipinski definition) is 0. The Hall–Kier alpha value is -2.38. The van der Waals surface area contributed by atoms with E-state index in [-0.39, 0.29) is 5.41 Å². The van der Waals surface area contributed by atoms with Crippen LogP contribution in [-0.2, 0) is 5.41 Å². The van der Waals surface area contributed by atoms with Crippen molar-refractivity contribution >= 4 is 21.4 Å². The van der Waals surface area contributed by atoms with E-state index in [1.165, 1.54) is 51.8 Å². The molecule has 134 valence electrons. The highest BCUT2D eigenvalue weighted by molar-refractivity contribution is 7.19. The van der Waals surface area contributed by atoms with Crippen LogP contribution in [-0.4, -0.2) is 0 Å². The summed E-state index contributed by atoms with van der Waals surface area (Å²) in [6.07, 6.45) is 5.10. The second kappa shape index (κ2) is 6.98. The molecule has 0 radical (unpaired) electrons. The molecule has 3 aromatic carbocycles. The van der Waals surface area contributed by atoms with Crippen molar-refractivity contribution in [2.75, 3.05) is 0 Å². The van der Waals surface area contributed by atoms with Crippen LogP contribution in [0.1, 0.15) is 47.6 Å². The molecule has 0 bridgehead atoms. The molecule has 1 aliphatic rings. The molecular weight excluding hydrogens is 344 g/mol. The Labute approximate surface area is 165 Å². The van der Waals surface area contributed by atoms with Gasteiger partial charge in [-0.1, -0.05) is 91.7 Å². The molecule has 1 heterocycles. The van der Waals surface area contributed by atoms with Crippen molar-refractivity contribution in [1.82, 2.24) is 0 Å². The average Bonchev–Trinajstić information content (AvgIpc) is 3.19. The van der Waals surface area contributed by atoms with Gasteiger partial charge in [-0.05, 0) is 47.4 Å². The van der Waals surface area contributed by atoms with Crippen LogP contribution in [0.5, 0.6) is 0 Å². The van der Waals surface area contributed by atoms with E-state index in [9.17, 15) is 0 Å². The Bertz CT molecular complexity index is 998. The quantitative estimate of drug-likeness (QED) is 0.350. The lowest BCUT2D eigenvalue weighted by atomic mass is 9.59. The Morgan fingerprint density at radius 2 is 1.44 bits per heavy atom. The van der Waals surface area contributed by atoms with Crippen LogP contribution in [0, 0.1) is 0 Å². The molecule has 5 rings (SSSR count). The van der Waals surface area contributed by atoms with E-state index in [1.807, 2.05) is 11.3 Å². The summed E-state index contributed by atoms with van der Waals surface area (Å²) in [6, 6.07) is 33.8. The number of fused-ring (bicyclic) bond motifs is 1. The molecule has 1 fully saturated rings. The normalized spacial score (nSPS) is 22.7. The van der Waals surface area contributed by atoms with Gasteiger partial charge in [-0.2, -0.15) is 0 Å². The molecule has 0 N–H and O–H groups in total. The molecule has 0 nitrogen and oxygen atoms in total. The van der Waals surface area contributed by atoms with Crippen LogP contribution in [0.2, 0.25) is 0 Å². The number of thiophene rings is 1. The average molecular weight is 369 g/mol. The zero-order valence-corrected chi connectivity index (χ0v) is 16.3. The van der Waals surface area contributed by atoms with E-state index >= 15 is 0 Å². The molecule has 0 saturated heterocycles. The summed E-state index contributed by atoms with van der Waals surface area (Å²) >= 11 is 2.00. The Kier molecular flexibility index (Phi) is 4.33. The van der Waals surface area contributed by atoms with Gasteiger partial charge in [-0.15, -0.1) is 11.3 Å². The topological polar surface area (TPSA) is 0 Å². The van der Waals surface area contributed by atoms with Crippen LogP contribution >= 0.6 is 11.3 Å². The summed E-state index contributed by atoms with van der Waals surface area (Å²) < 4.78 is 1.40. The van der Waals surface area contributed by atoms with Gasteiger partial charge in [0.2, 0.25) is 0 Å². The zero-order valence-electron chi connectivity index (χ0n) is 15.5. The third-order valence-electron chi connectivity index (χ3n) is 6.26. The molecular formula is C26H24S. The summed E-state index contributed by atoms with van der Waals surface area (Å²) in [5, 5.41) is 1.38. The van der Waals surface area contributed by atoms with E-state index in [4.69, 9.17) is 0 Å². The smallest absolute Gasteiger partial charge is 0.0365 e. The standard InChI is InChI=1S/C26H24S/c1-3-11-20(12-4-1)23-16-9-10-18-26(23,22-14-5-2-6-15-22)25-19-21-13-7-8-17-24(21)27-25/h1-8,11-15,17,19,23H,9-10,16,18H2. The van der Waals surface area contributed by atoms with Gasteiger partial charge in [0, 0.05) is 15.0 Å². The molecule has 27 heavy (non-hydrogen) atoms. The fraction of sp³-hybridized carbons (Fsp3) is 0.231. The second-order valence-corrected chi connectivity index (χ2v) is 8.78. The first-order valence-electron chi connectivity index (χ1n) is 9.97. The van der Waals surface area contributed by atoms with Crippen molar-refractivity contribution in [2.24, 2.45) is 0 Å². The van der Waals surface area contributed by atoms with Gasteiger partial charge in [-0.25, -0.2) is 0 Å². The van der Waals surface area contributed by atoms with E-state index in [0.29, 0.717) is 5.92 Å². The highest BCUT2D eigenvalue weighted by atomic mass is 32.1. The minimum Gasteiger partial charge on any atom is -0.139 e. The molecule has 1 heteroatoms. The molecule has 0 aliphatic heterocycles. The summed E-state index contributed by atoms with van der Waals surface area (Å²) in [7, 11) is 0. The maximum Gasteiger partial charge on any atom is 0.0365 e. The molecule has 2 atom stereocenters. The van der Waals surface area contributed by atoms with E-state index in [2.05, 4.69) is 91.0 Å². The molecule has 0 amide bonds. The van der Waals surface area contributed by atoms with E-state index in [0.717, 1.165) is 0 Å². The minimum absolute atomic E-state index is 0.0740. The van der Waals surface area contributed by atoms with Crippen molar-refractivity contribution in [3.63, 3.8) is 0 Å². The lowest BCUT2D eigenvalue weighted by Crippen LogP contribution is -2.37. The van der Waals surface area contributed by atoms with E-state index < -0.39 is 0 Å². The van der Waals surface area contributed by atoms with Crippen LogP contribution in [0.15, 0.2) is 91.0 Å². The van der Waals surface area contributed by atoms with Crippen LogP contribution in [0.3, 0.4) is 0 Å². The van der Waals surface area contributed by atoms with Crippen LogP contribution in [0.4, 0.5) is 0 Å².